The van der Waals surface area contributed by atoms with Crippen molar-refractivity contribution >= 4 is 11.9 Å². The maximum atomic E-state index is 11.4. The molecule has 52 heavy (non-hydrogen) atoms. The molecule has 2 N–H and O–H groups in total. The van der Waals surface area contributed by atoms with Crippen molar-refractivity contribution in [3.63, 3.8) is 0 Å². The van der Waals surface area contributed by atoms with E-state index in [9.17, 15) is 19.8 Å². The molecule has 0 aromatic heterocycles. The van der Waals surface area contributed by atoms with E-state index in [1.807, 2.05) is 0 Å². The first-order valence-corrected chi connectivity index (χ1v) is 19.7. The molecule has 0 amide bonds. The molecule has 0 spiro atoms. The van der Waals surface area contributed by atoms with Crippen molar-refractivity contribution < 1.29 is 48.2 Å². The largest absolute Gasteiger partial charge is 0.487 e. The number of aliphatic hydroxyl groups excluding tert-OH is 2. The van der Waals surface area contributed by atoms with E-state index >= 15 is 0 Å². The van der Waals surface area contributed by atoms with E-state index in [0.29, 0.717) is 0 Å². The zero-order chi connectivity index (χ0) is 36.3. The lowest BCUT2D eigenvalue weighted by Gasteiger charge is -2.58. The third-order valence-corrected chi connectivity index (χ3v) is 13.1. The van der Waals surface area contributed by atoms with Crippen LogP contribution in [0.2, 0.25) is 0 Å². The van der Waals surface area contributed by atoms with E-state index in [4.69, 9.17) is 28.4 Å². The highest BCUT2D eigenvalue weighted by Gasteiger charge is 2.55. The van der Waals surface area contributed by atoms with Gasteiger partial charge in [0.25, 0.3) is 0 Å². The fourth-order valence-electron chi connectivity index (χ4n) is 12.0. The normalized spacial score (nSPS) is 33.3. The molecule has 8 fully saturated rings. The number of benzene rings is 1. The molecule has 0 aliphatic heterocycles. The zero-order valence-corrected chi connectivity index (χ0v) is 30.6. The minimum atomic E-state index is -0.912. The lowest BCUT2D eigenvalue weighted by atomic mass is 9.47. The Morgan fingerprint density at radius 3 is 1.23 bits per heavy atom. The number of carbonyl (C=O) groups excluding carboxylic acids is 2. The van der Waals surface area contributed by atoms with E-state index in [2.05, 4.69) is 25.3 Å². The van der Waals surface area contributed by atoms with Gasteiger partial charge in [-0.15, -0.1) is 0 Å². The first kappa shape index (κ1) is 37.4. The second kappa shape index (κ2) is 16.2. The van der Waals surface area contributed by atoms with Gasteiger partial charge in [0.15, 0.2) is 11.5 Å². The highest BCUT2D eigenvalue weighted by molar-refractivity contribution is 5.81. The average molecular weight is 723 g/mol. The third-order valence-electron chi connectivity index (χ3n) is 13.1. The topological polar surface area (TPSA) is 130 Å². The van der Waals surface area contributed by atoms with Crippen LogP contribution in [0.1, 0.15) is 88.2 Å². The van der Waals surface area contributed by atoms with Crippen molar-refractivity contribution in [3.05, 3.63) is 48.6 Å². The molecule has 2 unspecified atom stereocenters. The summed E-state index contributed by atoms with van der Waals surface area (Å²) in [5.74, 6) is 4.78. The number of ether oxygens (including phenoxy) is 6. The predicted octanol–water partition coefficient (Wildman–Crippen LogP) is 5.59. The lowest BCUT2D eigenvalue weighted by Crippen LogP contribution is -2.49. The lowest BCUT2D eigenvalue weighted by molar-refractivity contribution is -0.140. The quantitative estimate of drug-likeness (QED) is 0.0998. The second-order valence-corrected chi connectivity index (χ2v) is 17.0. The number of carbonyl (C=O) groups is 2. The van der Waals surface area contributed by atoms with Crippen LogP contribution in [0.4, 0.5) is 0 Å². The number of esters is 2. The van der Waals surface area contributed by atoms with E-state index in [1.54, 1.807) is 0 Å². The van der Waals surface area contributed by atoms with Gasteiger partial charge in [0, 0.05) is 23.3 Å². The van der Waals surface area contributed by atoms with Crippen LogP contribution >= 0.6 is 0 Å². The van der Waals surface area contributed by atoms with E-state index in [-0.39, 0.29) is 63.7 Å². The maximum Gasteiger partial charge on any atom is 0.330 e. The van der Waals surface area contributed by atoms with Crippen LogP contribution in [0.3, 0.4) is 0 Å². The Morgan fingerprint density at radius 2 is 0.923 bits per heavy atom. The monoisotopic (exact) mass is 722 g/mol. The molecule has 0 heterocycles. The van der Waals surface area contributed by atoms with Gasteiger partial charge in [-0.25, -0.2) is 9.59 Å². The summed E-state index contributed by atoms with van der Waals surface area (Å²) < 4.78 is 34.8. The smallest absolute Gasteiger partial charge is 0.330 e. The number of aliphatic hydroxyl groups is 2. The molecule has 8 bridgehead atoms. The highest BCUT2D eigenvalue weighted by Crippen LogP contribution is 2.66. The SMILES string of the molecule is C=CC(=O)OCCOCC(O)COc1c(C23CC4CC(CC(C4)C2)C3)ccc(C23CC4CC(CC(C4)C2)C3)c1OCC(O)COCCOC(=O)C=C. The van der Waals surface area contributed by atoms with Crippen LogP contribution in [0.25, 0.3) is 0 Å². The summed E-state index contributed by atoms with van der Waals surface area (Å²) in [5.41, 5.74) is 2.38. The van der Waals surface area contributed by atoms with Gasteiger partial charge in [0.1, 0.15) is 38.6 Å². The van der Waals surface area contributed by atoms with Gasteiger partial charge in [-0.1, -0.05) is 25.3 Å². The van der Waals surface area contributed by atoms with Crippen LogP contribution < -0.4 is 9.47 Å². The number of rotatable bonds is 20. The molecular weight excluding hydrogens is 664 g/mol. The Labute approximate surface area is 308 Å². The van der Waals surface area contributed by atoms with Gasteiger partial charge in [-0.05, 0) is 123 Å². The second-order valence-electron chi connectivity index (χ2n) is 17.0. The summed E-state index contributed by atoms with van der Waals surface area (Å²) in [6.45, 7) is 7.35. The predicted molar refractivity (Wildman–Crippen MR) is 193 cm³/mol. The molecule has 1 aromatic carbocycles. The number of hydrogen-bond acceptors (Lipinski definition) is 10. The minimum Gasteiger partial charge on any atom is -0.487 e. The maximum absolute atomic E-state index is 11.4. The summed E-state index contributed by atoms with van der Waals surface area (Å²) in [4.78, 5) is 22.8. The Hall–Kier alpha value is -2.92. The van der Waals surface area contributed by atoms with Crippen molar-refractivity contribution in [1.29, 1.82) is 0 Å². The van der Waals surface area contributed by atoms with Crippen LogP contribution in [-0.2, 0) is 39.4 Å². The van der Waals surface area contributed by atoms with Crippen molar-refractivity contribution in [2.75, 3.05) is 52.9 Å². The van der Waals surface area contributed by atoms with Crippen LogP contribution in [0, 0.1) is 35.5 Å². The highest BCUT2D eigenvalue weighted by atomic mass is 16.6. The van der Waals surface area contributed by atoms with Crippen molar-refractivity contribution in [1.82, 2.24) is 0 Å². The Morgan fingerprint density at radius 1 is 0.596 bits per heavy atom. The van der Waals surface area contributed by atoms with Crippen LogP contribution in [-0.4, -0.2) is 87.2 Å². The van der Waals surface area contributed by atoms with E-state index < -0.39 is 24.1 Å². The first-order chi connectivity index (χ1) is 25.2. The van der Waals surface area contributed by atoms with Gasteiger partial charge in [-0.3, -0.25) is 0 Å². The summed E-state index contributed by atoms with van der Waals surface area (Å²) in [5, 5.41) is 22.2. The Balaban J connectivity index is 1.15. The van der Waals surface area contributed by atoms with Crippen molar-refractivity contribution in [3.8, 4) is 11.5 Å². The average Bonchev–Trinajstić information content (AvgIpc) is 3.11. The molecule has 10 nitrogen and oxygen atoms in total. The van der Waals surface area contributed by atoms with Crippen molar-refractivity contribution in [2.24, 2.45) is 35.5 Å². The molecule has 286 valence electrons. The summed E-state index contributed by atoms with van der Waals surface area (Å²) in [7, 11) is 0. The third kappa shape index (κ3) is 8.25. The molecular formula is C42H58O10. The standard InChI is InChI=1S/C42H58O10/c1-3-37(45)49-9-7-47-23-33(43)25-51-39-35(41-17-27-11-28(18-41)13-29(12-27)19-41)5-6-36(42-20-30-14-31(21-42)16-32(15-30)22-42)40(39)52-26-34(44)24-48-8-10-50-38(46)4-2/h3-6,27-34,43-44H,1-2,7-26H2. The van der Waals surface area contributed by atoms with E-state index in [0.717, 1.165) is 97.7 Å². The first-order valence-electron chi connectivity index (χ1n) is 19.7. The molecule has 8 aliphatic carbocycles. The molecule has 0 radical (unpaired) electrons. The van der Waals surface area contributed by atoms with Crippen LogP contribution in [0.5, 0.6) is 11.5 Å². The van der Waals surface area contributed by atoms with Crippen LogP contribution in [0.15, 0.2) is 37.4 Å². The Kier molecular flexibility index (Phi) is 11.7. The molecule has 0 saturated heterocycles. The number of hydrogen-bond donors (Lipinski definition) is 2. The fourth-order valence-corrected chi connectivity index (χ4v) is 12.0. The van der Waals surface area contributed by atoms with Gasteiger partial charge < -0.3 is 38.6 Å². The molecule has 2 atom stereocenters. The van der Waals surface area contributed by atoms with Gasteiger partial charge in [0.2, 0.25) is 0 Å². The van der Waals surface area contributed by atoms with Crippen molar-refractivity contribution in [2.45, 2.75) is 100 Å². The van der Waals surface area contributed by atoms with Gasteiger partial charge in [-0.2, -0.15) is 0 Å². The molecule has 1 aromatic rings. The Bertz CT molecular complexity index is 1270. The zero-order valence-electron chi connectivity index (χ0n) is 30.6. The molecule has 10 heteroatoms. The molecule has 8 saturated carbocycles. The summed E-state index contributed by atoms with van der Waals surface area (Å²) >= 11 is 0. The fraction of sp³-hybridized carbons (Fsp3) is 0.714. The minimum absolute atomic E-state index is 0.00325. The van der Waals surface area contributed by atoms with Gasteiger partial charge in [0.05, 0.1) is 26.4 Å². The summed E-state index contributed by atoms with van der Waals surface area (Å²) in [6.07, 6.45) is 15.2. The summed E-state index contributed by atoms with van der Waals surface area (Å²) in [6, 6.07) is 4.70. The molecule has 9 rings (SSSR count). The van der Waals surface area contributed by atoms with E-state index in [1.165, 1.54) is 49.7 Å². The van der Waals surface area contributed by atoms with Gasteiger partial charge >= 0.3 is 11.9 Å². The molecule has 8 aliphatic rings.